The highest BCUT2D eigenvalue weighted by Gasteiger charge is 2.28. The molecule has 2 heterocycles. The highest BCUT2D eigenvalue weighted by molar-refractivity contribution is 5.79. The van der Waals surface area contributed by atoms with Gasteiger partial charge in [-0.15, -0.1) is 0 Å². The van der Waals surface area contributed by atoms with Crippen LogP contribution < -0.4 is 10.6 Å². The van der Waals surface area contributed by atoms with E-state index in [0.29, 0.717) is 6.54 Å². The summed E-state index contributed by atoms with van der Waals surface area (Å²) in [5.74, 6) is 1.59. The number of aryl methyl sites for hydroxylation is 1. The van der Waals surface area contributed by atoms with Crippen LogP contribution in [0.5, 0.6) is 0 Å². The minimum absolute atomic E-state index is 0.0432. The van der Waals surface area contributed by atoms with Crippen LogP contribution in [-0.2, 0) is 17.7 Å². The zero-order valence-electron chi connectivity index (χ0n) is 15.4. The highest BCUT2D eigenvalue weighted by Crippen LogP contribution is 2.15. The van der Waals surface area contributed by atoms with E-state index in [-0.39, 0.29) is 5.54 Å². The Hall–Kier alpha value is -1.60. The van der Waals surface area contributed by atoms with Crippen molar-refractivity contribution in [1.82, 2.24) is 20.7 Å². The summed E-state index contributed by atoms with van der Waals surface area (Å²) < 4.78 is 10.7. The van der Waals surface area contributed by atoms with Crippen molar-refractivity contribution < 1.29 is 9.26 Å². The topological polar surface area (TPSA) is 74.9 Å². The largest absolute Gasteiger partial charge is 0.379 e. The van der Waals surface area contributed by atoms with E-state index in [0.717, 1.165) is 63.2 Å². The molecule has 2 rings (SSSR count). The Bertz CT molecular complexity index is 521. The summed E-state index contributed by atoms with van der Waals surface area (Å²) in [4.78, 5) is 7.05. The first-order valence-electron chi connectivity index (χ1n) is 8.84. The monoisotopic (exact) mass is 337 g/mol. The number of rotatable bonds is 7. The van der Waals surface area contributed by atoms with Crippen molar-refractivity contribution >= 4 is 5.96 Å². The van der Waals surface area contributed by atoms with Gasteiger partial charge in [0.05, 0.1) is 18.9 Å². The van der Waals surface area contributed by atoms with Crippen molar-refractivity contribution in [2.45, 2.75) is 46.2 Å². The molecule has 136 valence electrons. The van der Waals surface area contributed by atoms with E-state index in [1.54, 1.807) is 0 Å². The van der Waals surface area contributed by atoms with Gasteiger partial charge in [-0.3, -0.25) is 4.90 Å². The average Bonchev–Trinajstić information content (AvgIpc) is 3.06. The molecular formula is C17H31N5O2. The average molecular weight is 337 g/mol. The van der Waals surface area contributed by atoms with Gasteiger partial charge in [-0.05, 0) is 27.2 Å². The molecule has 1 aliphatic rings. The molecule has 0 atom stereocenters. The van der Waals surface area contributed by atoms with Crippen molar-refractivity contribution in [3.05, 3.63) is 17.5 Å². The molecule has 7 nitrogen and oxygen atoms in total. The lowest BCUT2D eigenvalue weighted by Gasteiger charge is -2.41. The summed E-state index contributed by atoms with van der Waals surface area (Å²) in [5.41, 5.74) is 1.01. The molecule has 0 saturated carbocycles. The fraction of sp³-hybridized carbons (Fsp3) is 0.765. The van der Waals surface area contributed by atoms with Gasteiger partial charge in [0.2, 0.25) is 0 Å². The molecule has 0 spiro atoms. The number of aromatic nitrogens is 1. The van der Waals surface area contributed by atoms with E-state index < -0.39 is 0 Å². The van der Waals surface area contributed by atoms with Gasteiger partial charge in [-0.1, -0.05) is 12.1 Å². The molecule has 1 aliphatic heterocycles. The van der Waals surface area contributed by atoms with E-state index in [4.69, 9.17) is 9.26 Å². The molecule has 1 aromatic heterocycles. The van der Waals surface area contributed by atoms with Gasteiger partial charge >= 0.3 is 0 Å². The summed E-state index contributed by atoms with van der Waals surface area (Å²) in [6.45, 7) is 14.3. The number of hydrogen-bond donors (Lipinski definition) is 2. The van der Waals surface area contributed by atoms with Crippen LogP contribution >= 0.6 is 0 Å². The second-order valence-electron chi connectivity index (χ2n) is 6.60. The molecule has 0 amide bonds. The fourth-order valence-corrected chi connectivity index (χ4v) is 2.68. The van der Waals surface area contributed by atoms with Crippen LogP contribution in [0.1, 0.15) is 39.1 Å². The molecule has 7 heteroatoms. The Labute approximate surface area is 144 Å². The number of hydrogen-bond acceptors (Lipinski definition) is 5. The lowest BCUT2D eigenvalue weighted by molar-refractivity contribution is -0.00834. The SMILES string of the molecule is CCNC(=NCc1cc(CC)no1)NCC(C)(C)N1CCOCC1. The number of nitrogens with zero attached hydrogens (tertiary/aromatic N) is 3. The van der Waals surface area contributed by atoms with Crippen molar-refractivity contribution in [2.24, 2.45) is 4.99 Å². The first-order valence-corrected chi connectivity index (χ1v) is 8.84. The van der Waals surface area contributed by atoms with Crippen molar-refractivity contribution in [1.29, 1.82) is 0 Å². The van der Waals surface area contributed by atoms with Gasteiger partial charge in [-0.2, -0.15) is 0 Å². The molecule has 0 radical (unpaired) electrons. The molecule has 24 heavy (non-hydrogen) atoms. The second-order valence-corrected chi connectivity index (χ2v) is 6.60. The molecular weight excluding hydrogens is 306 g/mol. The molecule has 1 aromatic rings. The molecule has 0 bridgehead atoms. The van der Waals surface area contributed by atoms with Crippen molar-refractivity contribution in [3.8, 4) is 0 Å². The zero-order valence-corrected chi connectivity index (χ0v) is 15.4. The molecule has 2 N–H and O–H groups in total. The maximum absolute atomic E-state index is 5.44. The maximum Gasteiger partial charge on any atom is 0.191 e. The predicted molar refractivity (Wildman–Crippen MR) is 95.2 cm³/mol. The minimum atomic E-state index is 0.0432. The van der Waals surface area contributed by atoms with Gasteiger partial charge in [0.1, 0.15) is 6.54 Å². The van der Waals surface area contributed by atoms with Gasteiger partial charge in [0.25, 0.3) is 0 Å². The summed E-state index contributed by atoms with van der Waals surface area (Å²) in [6, 6.07) is 1.96. The minimum Gasteiger partial charge on any atom is -0.379 e. The smallest absolute Gasteiger partial charge is 0.191 e. The third kappa shape index (κ3) is 5.49. The fourth-order valence-electron chi connectivity index (χ4n) is 2.68. The lowest BCUT2D eigenvalue weighted by atomic mass is 10.0. The van der Waals surface area contributed by atoms with Gasteiger partial charge < -0.3 is 19.9 Å². The van der Waals surface area contributed by atoms with Crippen LogP contribution in [0, 0.1) is 0 Å². The van der Waals surface area contributed by atoms with Crippen LogP contribution in [0.25, 0.3) is 0 Å². The van der Waals surface area contributed by atoms with Crippen LogP contribution in [0.3, 0.4) is 0 Å². The highest BCUT2D eigenvalue weighted by atomic mass is 16.5. The lowest BCUT2D eigenvalue weighted by Crippen LogP contribution is -2.56. The van der Waals surface area contributed by atoms with Crippen molar-refractivity contribution in [3.63, 3.8) is 0 Å². The quantitative estimate of drug-likeness (QED) is 0.579. The normalized spacial score (nSPS) is 17.1. The van der Waals surface area contributed by atoms with E-state index in [9.17, 15) is 0 Å². The molecule has 0 aromatic carbocycles. The number of ether oxygens (including phenoxy) is 1. The van der Waals surface area contributed by atoms with Crippen molar-refractivity contribution in [2.75, 3.05) is 39.4 Å². The number of morpholine rings is 1. The summed E-state index contributed by atoms with van der Waals surface area (Å²) >= 11 is 0. The summed E-state index contributed by atoms with van der Waals surface area (Å²) in [7, 11) is 0. The third-order valence-electron chi connectivity index (χ3n) is 4.26. The molecule has 0 unspecified atom stereocenters. The Kier molecular flexibility index (Phi) is 7.05. The predicted octanol–water partition coefficient (Wildman–Crippen LogP) is 1.40. The Morgan fingerprint density at radius 3 is 2.67 bits per heavy atom. The zero-order chi connectivity index (χ0) is 17.4. The van der Waals surface area contributed by atoms with E-state index >= 15 is 0 Å². The van der Waals surface area contributed by atoms with Crippen LogP contribution in [0.2, 0.25) is 0 Å². The Morgan fingerprint density at radius 2 is 2.04 bits per heavy atom. The van der Waals surface area contributed by atoms with E-state index in [1.165, 1.54) is 0 Å². The number of aliphatic imine (C=N–C) groups is 1. The molecule has 0 aliphatic carbocycles. The third-order valence-corrected chi connectivity index (χ3v) is 4.26. The van der Waals surface area contributed by atoms with Crippen LogP contribution in [0.4, 0.5) is 0 Å². The standard InChI is InChI=1S/C17H31N5O2/c1-5-14-11-15(24-21-14)12-19-16(18-6-2)20-13-17(3,4)22-7-9-23-10-8-22/h11H,5-10,12-13H2,1-4H3,(H2,18,19,20). The maximum atomic E-state index is 5.44. The first-order chi connectivity index (χ1) is 11.5. The summed E-state index contributed by atoms with van der Waals surface area (Å²) in [6.07, 6.45) is 0.874. The number of nitrogens with one attached hydrogen (secondary N) is 2. The summed E-state index contributed by atoms with van der Waals surface area (Å²) in [5, 5.41) is 10.7. The van der Waals surface area contributed by atoms with Crippen LogP contribution in [-0.4, -0.2) is 60.9 Å². The second kappa shape index (κ2) is 9.03. The van der Waals surface area contributed by atoms with Gasteiger partial charge in [0, 0.05) is 37.8 Å². The molecule has 1 fully saturated rings. The molecule has 1 saturated heterocycles. The van der Waals surface area contributed by atoms with E-state index in [2.05, 4.69) is 53.4 Å². The van der Waals surface area contributed by atoms with Crippen LogP contribution in [0.15, 0.2) is 15.6 Å². The van der Waals surface area contributed by atoms with Gasteiger partial charge in [0.15, 0.2) is 11.7 Å². The van der Waals surface area contributed by atoms with E-state index in [1.807, 2.05) is 6.07 Å². The Morgan fingerprint density at radius 1 is 1.29 bits per heavy atom. The Balaban J connectivity index is 1.90. The first kappa shape index (κ1) is 18.7. The number of guanidine groups is 1. The van der Waals surface area contributed by atoms with Gasteiger partial charge in [-0.25, -0.2) is 4.99 Å².